The molecule has 6 heteroatoms. The van der Waals surface area contributed by atoms with Crippen LogP contribution < -0.4 is 10.2 Å². The molecule has 0 aliphatic carbocycles. The number of hydrogen-bond acceptors (Lipinski definition) is 2. The van der Waals surface area contributed by atoms with E-state index < -0.39 is 0 Å². The summed E-state index contributed by atoms with van der Waals surface area (Å²) in [6.45, 7) is 5.43. The van der Waals surface area contributed by atoms with Gasteiger partial charge in [0.25, 0.3) is 0 Å². The van der Waals surface area contributed by atoms with Crippen LogP contribution in [0.2, 0.25) is 0 Å². The number of thiocarbonyl (C=S) groups is 1. The minimum atomic E-state index is -0.274. The number of hydrogen-bond donors (Lipinski definition) is 2. The van der Waals surface area contributed by atoms with E-state index in [1.54, 1.807) is 28.4 Å². The third-order valence-electron chi connectivity index (χ3n) is 4.85. The van der Waals surface area contributed by atoms with Crippen LogP contribution in [0.1, 0.15) is 30.6 Å². The number of piperidine rings is 1. The first-order valence-electron chi connectivity index (χ1n) is 9.39. The van der Waals surface area contributed by atoms with Gasteiger partial charge in [0.1, 0.15) is 5.82 Å². The Morgan fingerprint density at radius 3 is 2.69 bits per heavy atom. The van der Waals surface area contributed by atoms with E-state index in [-0.39, 0.29) is 5.82 Å². The van der Waals surface area contributed by atoms with Crippen LogP contribution >= 0.6 is 23.6 Å². The molecule has 0 atom stereocenters. The van der Waals surface area contributed by atoms with Crippen LogP contribution in [-0.4, -0.2) is 36.2 Å². The first-order chi connectivity index (χ1) is 12.7. The fourth-order valence-corrected chi connectivity index (χ4v) is 4.41. The predicted octanol–water partition coefficient (Wildman–Crippen LogP) is 3.55. The van der Waals surface area contributed by atoms with E-state index >= 15 is 0 Å². The highest BCUT2D eigenvalue weighted by atomic mass is 32.1. The van der Waals surface area contributed by atoms with Gasteiger partial charge in [-0.3, -0.25) is 0 Å². The van der Waals surface area contributed by atoms with Gasteiger partial charge >= 0.3 is 0 Å². The quantitative estimate of drug-likeness (QED) is 0.703. The van der Waals surface area contributed by atoms with E-state index in [0.717, 1.165) is 19.5 Å². The standard InChI is InChI=1S/C20H26FN3S2/c21-18-9-2-3-10-19(18)22-20(25)24(16-17-8-6-15-26-17)14-7-13-23-11-4-1-5-12-23/h2-3,6,8-10,15H,1,4-5,7,11-14,16H2,(H,22,25)/p+1. The Morgan fingerprint density at radius 1 is 1.15 bits per heavy atom. The van der Waals surface area contributed by atoms with Gasteiger partial charge in [-0.2, -0.15) is 0 Å². The zero-order chi connectivity index (χ0) is 18.2. The van der Waals surface area contributed by atoms with Gasteiger partial charge in [-0.15, -0.1) is 11.3 Å². The summed E-state index contributed by atoms with van der Waals surface area (Å²) in [4.78, 5) is 5.14. The number of quaternary nitrogens is 1. The lowest BCUT2D eigenvalue weighted by atomic mass is 10.1. The van der Waals surface area contributed by atoms with Crippen LogP contribution in [0.4, 0.5) is 10.1 Å². The van der Waals surface area contributed by atoms with Gasteiger partial charge < -0.3 is 15.1 Å². The summed E-state index contributed by atoms with van der Waals surface area (Å²) in [6.07, 6.45) is 5.17. The van der Waals surface area contributed by atoms with Crippen molar-refractivity contribution in [2.24, 2.45) is 0 Å². The fourth-order valence-electron chi connectivity index (χ4n) is 3.42. The molecule has 0 bridgehead atoms. The molecule has 1 aliphatic heterocycles. The maximum Gasteiger partial charge on any atom is 0.173 e. The highest BCUT2D eigenvalue weighted by Crippen LogP contribution is 2.16. The number of benzene rings is 1. The lowest BCUT2D eigenvalue weighted by Crippen LogP contribution is -3.12. The van der Waals surface area contributed by atoms with Crippen molar-refractivity contribution in [2.75, 3.05) is 31.5 Å². The lowest BCUT2D eigenvalue weighted by molar-refractivity contribution is -0.905. The molecule has 0 saturated carbocycles. The molecule has 0 radical (unpaired) electrons. The molecular formula is C20H27FN3S2+. The predicted molar refractivity (Wildman–Crippen MR) is 111 cm³/mol. The number of likely N-dealkylation sites (tertiary alicyclic amines) is 1. The van der Waals surface area contributed by atoms with Gasteiger partial charge in [-0.05, 0) is 55.1 Å². The van der Waals surface area contributed by atoms with Gasteiger partial charge in [0.05, 0.1) is 31.9 Å². The van der Waals surface area contributed by atoms with Crippen molar-refractivity contribution < 1.29 is 9.29 Å². The molecule has 1 aromatic heterocycles. The van der Waals surface area contributed by atoms with Gasteiger partial charge in [0.2, 0.25) is 0 Å². The molecule has 0 amide bonds. The molecule has 1 fully saturated rings. The molecule has 0 unspecified atom stereocenters. The summed E-state index contributed by atoms with van der Waals surface area (Å²) >= 11 is 7.34. The lowest BCUT2D eigenvalue weighted by Gasteiger charge is -2.28. The van der Waals surface area contributed by atoms with Crippen molar-refractivity contribution in [2.45, 2.75) is 32.2 Å². The molecule has 1 aromatic carbocycles. The van der Waals surface area contributed by atoms with E-state index in [1.807, 2.05) is 6.07 Å². The molecule has 140 valence electrons. The van der Waals surface area contributed by atoms with E-state index in [1.165, 1.54) is 49.8 Å². The van der Waals surface area contributed by atoms with Crippen molar-refractivity contribution in [3.8, 4) is 0 Å². The first-order valence-corrected chi connectivity index (χ1v) is 10.7. The minimum absolute atomic E-state index is 0.274. The molecule has 26 heavy (non-hydrogen) atoms. The number of thiophene rings is 1. The monoisotopic (exact) mass is 392 g/mol. The number of nitrogens with zero attached hydrogens (tertiary/aromatic N) is 1. The fraction of sp³-hybridized carbons (Fsp3) is 0.450. The zero-order valence-corrected chi connectivity index (χ0v) is 16.7. The van der Waals surface area contributed by atoms with Crippen LogP contribution in [0.5, 0.6) is 0 Å². The third kappa shape index (κ3) is 5.76. The van der Waals surface area contributed by atoms with Crippen molar-refractivity contribution in [1.29, 1.82) is 0 Å². The number of para-hydroxylation sites is 1. The summed E-state index contributed by atoms with van der Waals surface area (Å²) in [6, 6.07) is 10.9. The van der Waals surface area contributed by atoms with Crippen molar-refractivity contribution in [3.05, 3.63) is 52.5 Å². The number of anilines is 1. The van der Waals surface area contributed by atoms with Gasteiger partial charge in [0.15, 0.2) is 5.11 Å². The van der Waals surface area contributed by atoms with E-state index in [2.05, 4.69) is 27.7 Å². The Kier molecular flexibility index (Phi) is 7.41. The average Bonchev–Trinajstić information content (AvgIpc) is 3.17. The van der Waals surface area contributed by atoms with Crippen LogP contribution in [0, 0.1) is 5.82 Å². The van der Waals surface area contributed by atoms with E-state index in [0.29, 0.717) is 10.8 Å². The minimum Gasteiger partial charge on any atom is -0.344 e. The molecule has 3 rings (SSSR count). The van der Waals surface area contributed by atoms with Crippen molar-refractivity contribution in [1.82, 2.24) is 4.90 Å². The maximum absolute atomic E-state index is 13.9. The molecule has 1 saturated heterocycles. The van der Waals surface area contributed by atoms with Crippen LogP contribution in [0.15, 0.2) is 41.8 Å². The van der Waals surface area contributed by atoms with Crippen LogP contribution in [0.25, 0.3) is 0 Å². The maximum atomic E-state index is 13.9. The molecule has 2 aromatic rings. The number of halogens is 1. The molecule has 2 heterocycles. The number of rotatable bonds is 7. The second-order valence-electron chi connectivity index (χ2n) is 6.83. The van der Waals surface area contributed by atoms with Crippen LogP contribution in [-0.2, 0) is 6.54 Å². The summed E-state index contributed by atoms with van der Waals surface area (Å²) < 4.78 is 13.9. The molecule has 0 spiro atoms. The van der Waals surface area contributed by atoms with Gasteiger partial charge in [0, 0.05) is 17.8 Å². The Bertz CT molecular complexity index is 684. The van der Waals surface area contributed by atoms with Gasteiger partial charge in [-0.1, -0.05) is 18.2 Å². The topological polar surface area (TPSA) is 19.7 Å². The van der Waals surface area contributed by atoms with Gasteiger partial charge in [-0.25, -0.2) is 4.39 Å². The highest BCUT2D eigenvalue weighted by Gasteiger charge is 2.16. The van der Waals surface area contributed by atoms with Crippen molar-refractivity contribution in [3.63, 3.8) is 0 Å². The van der Waals surface area contributed by atoms with Crippen LogP contribution in [0.3, 0.4) is 0 Å². The largest absolute Gasteiger partial charge is 0.344 e. The Balaban J connectivity index is 1.58. The molecular weight excluding hydrogens is 365 g/mol. The number of nitrogens with one attached hydrogen (secondary N) is 2. The van der Waals surface area contributed by atoms with E-state index in [9.17, 15) is 4.39 Å². The van der Waals surface area contributed by atoms with E-state index in [4.69, 9.17) is 12.2 Å². The second kappa shape index (κ2) is 10.00. The smallest absolute Gasteiger partial charge is 0.173 e. The molecule has 2 N–H and O–H groups in total. The Labute approximate surface area is 164 Å². The second-order valence-corrected chi connectivity index (χ2v) is 8.24. The first kappa shape index (κ1) is 19.3. The average molecular weight is 393 g/mol. The normalized spacial score (nSPS) is 15.0. The third-order valence-corrected chi connectivity index (χ3v) is 6.07. The summed E-state index contributed by atoms with van der Waals surface area (Å²) in [5.74, 6) is -0.274. The molecule has 1 aliphatic rings. The Hall–Kier alpha value is -1.50. The van der Waals surface area contributed by atoms with Crippen molar-refractivity contribution >= 4 is 34.4 Å². The Morgan fingerprint density at radius 2 is 1.96 bits per heavy atom. The summed E-state index contributed by atoms with van der Waals surface area (Å²) in [7, 11) is 0. The highest BCUT2D eigenvalue weighted by molar-refractivity contribution is 7.80. The molecule has 3 nitrogen and oxygen atoms in total. The summed E-state index contributed by atoms with van der Waals surface area (Å²) in [5, 5.41) is 5.77. The summed E-state index contributed by atoms with van der Waals surface area (Å²) in [5.41, 5.74) is 0.440. The SMILES string of the molecule is Fc1ccccc1NC(=S)N(CCC[NH+]1CCCCC1)Cc1cccs1. The zero-order valence-electron chi connectivity index (χ0n) is 15.0.